The first-order chi connectivity index (χ1) is 11.6. The summed E-state index contributed by atoms with van der Waals surface area (Å²) in [4.78, 5) is 21.1. The minimum absolute atomic E-state index is 0.00704. The summed E-state index contributed by atoms with van der Waals surface area (Å²) in [5.41, 5.74) is 3.57. The van der Waals surface area contributed by atoms with Gasteiger partial charge in [-0.05, 0) is 20.3 Å². The van der Waals surface area contributed by atoms with Gasteiger partial charge in [-0.1, -0.05) is 37.3 Å². The molecular weight excluding hydrogens is 302 g/mol. The average molecular weight is 323 g/mol. The molecule has 0 bridgehead atoms. The highest BCUT2D eigenvalue weighted by Crippen LogP contribution is 2.19. The zero-order valence-corrected chi connectivity index (χ0v) is 14.2. The fraction of sp³-hybridized carbons (Fsp3) is 0.333. The molecule has 24 heavy (non-hydrogen) atoms. The number of carbonyl (C=O) groups is 1. The zero-order valence-electron chi connectivity index (χ0n) is 14.2. The van der Waals surface area contributed by atoms with Crippen molar-refractivity contribution in [2.24, 2.45) is 0 Å². The minimum Gasteiger partial charge on any atom is -0.356 e. The van der Waals surface area contributed by atoms with Crippen molar-refractivity contribution in [1.82, 2.24) is 24.9 Å². The molecule has 1 N–H and O–H groups in total. The first kappa shape index (κ1) is 16.1. The van der Waals surface area contributed by atoms with Gasteiger partial charge in [0, 0.05) is 29.1 Å². The van der Waals surface area contributed by atoms with E-state index in [-0.39, 0.29) is 5.91 Å². The van der Waals surface area contributed by atoms with Crippen LogP contribution in [0.25, 0.3) is 17.2 Å². The Labute approximate surface area is 141 Å². The van der Waals surface area contributed by atoms with Crippen LogP contribution in [0.2, 0.25) is 0 Å². The van der Waals surface area contributed by atoms with E-state index >= 15 is 0 Å². The molecule has 0 unspecified atom stereocenters. The van der Waals surface area contributed by atoms with Crippen molar-refractivity contribution in [2.45, 2.75) is 33.6 Å². The monoisotopic (exact) mass is 323 g/mol. The van der Waals surface area contributed by atoms with Gasteiger partial charge in [0.15, 0.2) is 5.82 Å². The number of amides is 1. The van der Waals surface area contributed by atoms with Crippen LogP contribution in [0.5, 0.6) is 0 Å². The third-order valence-corrected chi connectivity index (χ3v) is 3.99. The molecule has 2 aromatic heterocycles. The second-order valence-corrected chi connectivity index (χ2v) is 5.80. The third kappa shape index (κ3) is 3.13. The quantitative estimate of drug-likeness (QED) is 0.783. The standard InChI is InChI=1S/C18H21N5O/c1-4-10-19-16(24)11-15-12(2)20-18-21-17(22-23(18)13(15)3)14-8-6-5-7-9-14/h5-9H,4,10-11H2,1-3H3,(H,19,24). The van der Waals surface area contributed by atoms with Crippen molar-refractivity contribution in [3.8, 4) is 11.4 Å². The molecule has 3 rings (SSSR count). The van der Waals surface area contributed by atoms with Crippen LogP contribution in [0, 0.1) is 13.8 Å². The number of benzene rings is 1. The molecule has 0 aliphatic carbocycles. The van der Waals surface area contributed by atoms with E-state index in [4.69, 9.17) is 0 Å². The van der Waals surface area contributed by atoms with Gasteiger partial charge in [0.1, 0.15) is 0 Å². The van der Waals surface area contributed by atoms with Crippen LogP contribution in [0.3, 0.4) is 0 Å². The zero-order chi connectivity index (χ0) is 17.1. The van der Waals surface area contributed by atoms with E-state index in [2.05, 4.69) is 20.4 Å². The van der Waals surface area contributed by atoms with Crippen molar-refractivity contribution in [3.05, 3.63) is 47.3 Å². The smallest absolute Gasteiger partial charge is 0.253 e. The lowest BCUT2D eigenvalue weighted by Crippen LogP contribution is -2.26. The topological polar surface area (TPSA) is 72.2 Å². The summed E-state index contributed by atoms with van der Waals surface area (Å²) in [6.07, 6.45) is 1.23. The molecule has 0 saturated heterocycles. The van der Waals surface area contributed by atoms with E-state index < -0.39 is 0 Å². The maximum Gasteiger partial charge on any atom is 0.253 e. The normalized spacial score (nSPS) is 11.0. The average Bonchev–Trinajstić information content (AvgIpc) is 3.01. The Morgan fingerprint density at radius 3 is 2.62 bits per heavy atom. The van der Waals surface area contributed by atoms with E-state index in [1.165, 1.54) is 0 Å². The molecule has 0 spiro atoms. The van der Waals surface area contributed by atoms with Crippen molar-refractivity contribution in [3.63, 3.8) is 0 Å². The lowest BCUT2D eigenvalue weighted by atomic mass is 10.1. The van der Waals surface area contributed by atoms with Crippen LogP contribution in [-0.4, -0.2) is 32.0 Å². The molecule has 124 valence electrons. The summed E-state index contributed by atoms with van der Waals surface area (Å²) in [6.45, 7) is 6.58. The van der Waals surface area contributed by atoms with Crippen LogP contribution in [-0.2, 0) is 11.2 Å². The lowest BCUT2D eigenvalue weighted by Gasteiger charge is -2.10. The molecule has 6 nitrogen and oxygen atoms in total. The Bertz CT molecular complexity index is 870. The van der Waals surface area contributed by atoms with Gasteiger partial charge in [0.25, 0.3) is 5.78 Å². The molecule has 6 heteroatoms. The maximum absolute atomic E-state index is 12.1. The van der Waals surface area contributed by atoms with E-state index in [0.29, 0.717) is 24.6 Å². The number of hydrogen-bond acceptors (Lipinski definition) is 4. The number of carbonyl (C=O) groups excluding carboxylic acids is 1. The summed E-state index contributed by atoms with van der Waals surface area (Å²) in [5.74, 6) is 1.20. The second kappa shape index (κ2) is 6.78. The van der Waals surface area contributed by atoms with Crippen LogP contribution in [0.15, 0.2) is 30.3 Å². The summed E-state index contributed by atoms with van der Waals surface area (Å²) >= 11 is 0. The predicted molar refractivity (Wildman–Crippen MR) is 92.7 cm³/mol. The van der Waals surface area contributed by atoms with Crippen LogP contribution < -0.4 is 5.32 Å². The number of hydrogen-bond donors (Lipinski definition) is 1. The molecule has 0 aliphatic heterocycles. The molecule has 1 amide bonds. The highest BCUT2D eigenvalue weighted by atomic mass is 16.1. The van der Waals surface area contributed by atoms with Crippen LogP contribution >= 0.6 is 0 Å². The van der Waals surface area contributed by atoms with Gasteiger partial charge < -0.3 is 5.32 Å². The van der Waals surface area contributed by atoms with Crippen molar-refractivity contribution in [2.75, 3.05) is 6.54 Å². The Balaban J connectivity index is 1.99. The maximum atomic E-state index is 12.1. The van der Waals surface area contributed by atoms with Gasteiger partial charge in [0.05, 0.1) is 6.42 Å². The largest absolute Gasteiger partial charge is 0.356 e. The number of nitrogens with one attached hydrogen (secondary N) is 1. The number of fused-ring (bicyclic) bond motifs is 1. The van der Waals surface area contributed by atoms with Crippen LogP contribution in [0.1, 0.15) is 30.3 Å². The van der Waals surface area contributed by atoms with E-state index in [1.54, 1.807) is 4.52 Å². The van der Waals surface area contributed by atoms with Gasteiger partial charge in [-0.2, -0.15) is 4.98 Å². The predicted octanol–water partition coefficient (Wildman–Crippen LogP) is 2.48. The second-order valence-electron chi connectivity index (χ2n) is 5.80. The Morgan fingerprint density at radius 1 is 1.17 bits per heavy atom. The number of aryl methyl sites for hydroxylation is 2. The van der Waals surface area contributed by atoms with Gasteiger partial charge in [0.2, 0.25) is 5.91 Å². The molecular formula is C18H21N5O. The first-order valence-electron chi connectivity index (χ1n) is 8.15. The SMILES string of the molecule is CCCNC(=O)Cc1c(C)nc2nc(-c3ccccc3)nn2c1C. The molecule has 0 radical (unpaired) electrons. The van der Waals surface area contributed by atoms with Crippen molar-refractivity contribution in [1.29, 1.82) is 0 Å². The van der Waals surface area contributed by atoms with E-state index in [0.717, 1.165) is 28.9 Å². The summed E-state index contributed by atoms with van der Waals surface area (Å²) in [5, 5.41) is 7.47. The third-order valence-electron chi connectivity index (χ3n) is 3.99. The molecule has 0 atom stereocenters. The highest BCUT2D eigenvalue weighted by Gasteiger charge is 2.16. The Hall–Kier alpha value is -2.76. The molecule has 0 fully saturated rings. The Morgan fingerprint density at radius 2 is 1.92 bits per heavy atom. The van der Waals surface area contributed by atoms with E-state index in [1.807, 2.05) is 51.1 Å². The van der Waals surface area contributed by atoms with Crippen molar-refractivity contribution < 1.29 is 4.79 Å². The molecule has 2 heterocycles. The van der Waals surface area contributed by atoms with Gasteiger partial charge >= 0.3 is 0 Å². The Kier molecular flexibility index (Phi) is 4.55. The summed E-state index contributed by atoms with van der Waals surface area (Å²) in [6, 6.07) is 9.80. The van der Waals surface area contributed by atoms with Gasteiger partial charge in [-0.25, -0.2) is 9.50 Å². The molecule has 1 aromatic carbocycles. The fourth-order valence-electron chi connectivity index (χ4n) is 2.66. The van der Waals surface area contributed by atoms with Gasteiger partial charge in [-0.3, -0.25) is 4.79 Å². The summed E-state index contributed by atoms with van der Waals surface area (Å²) in [7, 11) is 0. The molecule has 0 saturated carbocycles. The molecule has 3 aromatic rings. The summed E-state index contributed by atoms with van der Waals surface area (Å²) < 4.78 is 1.72. The molecule has 0 aliphatic rings. The number of rotatable bonds is 5. The van der Waals surface area contributed by atoms with Gasteiger partial charge in [-0.15, -0.1) is 5.10 Å². The number of nitrogens with zero attached hydrogens (tertiary/aromatic N) is 4. The fourth-order valence-corrected chi connectivity index (χ4v) is 2.66. The van der Waals surface area contributed by atoms with Crippen LogP contribution in [0.4, 0.5) is 0 Å². The minimum atomic E-state index is 0.00704. The lowest BCUT2D eigenvalue weighted by molar-refractivity contribution is -0.120. The van der Waals surface area contributed by atoms with Crippen molar-refractivity contribution >= 4 is 11.7 Å². The highest BCUT2D eigenvalue weighted by molar-refractivity contribution is 5.79. The number of aromatic nitrogens is 4. The first-order valence-corrected chi connectivity index (χ1v) is 8.15. The van der Waals surface area contributed by atoms with E-state index in [9.17, 15) is 4.79 Å².